The van der Waals surface area contributed by atoms with Gasteiger partial charge < -0.3 is 21.6 Å². The summed E-state index contributed by atoms with van der Waals surface area (Å²) in [4.78, 5) is 11.9. The van der Waals surface area contributed by atoms with E-state index in [1.807, 2.05) is 41.5 Å². The van der Waals surface area contributed by atoms with Crippen molar-refractivity contribution in [3.63, 3.8) is 0 Å². The van der Waals surface area contributed by atoms with Crippen LogP contribution >= 0.6 is 0 Å². The average molecular weight is 286 g/mol. The fourth-order valence-electron chi connectivity index (χ4n) is 1.68. The largest absolute Gasteiger partial charge is 0.409 e. The van der Waals surface area contributed by atoms with Crippen LogP contribution in [0.25, 0.3) is 0 Å². The van der Waals surface area contributed by atoms with Gasteiger partial charge >= 0.3 is 0 Å². The third-order valence-electron chi connectivity index (χ3n) is 3.12. The van der Waals surface area contributed by atoms with E-state index >= 15 is 0 Å². The van der Waals surface area contributed by atoms with Crippen molar-refractivity contribution in [1.29, 1.82) is 0 Å². The van der Waals surface area contributed by atoms with E-state index in [9.17, 15) is 4.79 Å². The van der Waals surface area contributed by atoms with Crippen LogP contribution in [0.15, 0.2) is 5.16 Å². The van der Waals surface area contributed by atoms with Crippen LogP contribution in [0.3, 0.4) is 0 Å². The minimum Gasteiger partial charge on any atom is -0.409 e. The zero-order chi connectivity index (χ0) is 16.0. The summed E-state index contributed by atoms with van der Waals surface area (Å²) in [7, 11) is 0. The van der Waals surface area contributed by atoms with E-state index in [1.165, 1.54) is 0 Å². The molecule has 1 amide bonds. The summed E-state index contributed by atoms with van der Waals surface area (Å²) >= 11 is 0. The molecule has 0 saturated heterocycles. The Balaban J connectivity index is 4.05. The lowest BCUT2D eigenvalue weighted by molar-refractivity contribution is -0.124. The maximum atomic E-state index is 11.9. The van der Waals surface area contributed by atoms with Gasteiger partial charge in [0.05, 0.1) is 6.04 Å². The van der Waals surface area contributed by atoms with Crippen LogP contribution in [0.1, 0.15) is 54.4 Å². The molecule has 0 radical (unpaired) electrons. The van der Waals surface area contributed by atoms with Gasteiger partial charge in [-0.05, 0) is 47.1 Å². The molecular weight excluding hydrogens is 256 g/mol. The Hall–Kier alpha value is -1.30. The number of rotatable bonds is 7. The van der Waals surface area contributed by atoms with Crippen LogP contribution in [0, 0.1) is 5.41 Å². The Morgan fingerprint density at radius 2 is 1.85 bits per heavy atom. The molecule has 0 bridgehead atoms. The number of hydrogen-bond donors (Lipinski definition) is 4. The standard InChI is InChI=1S/C14H30N4O2/c1-10(11(19)17-13(2,3)4)16-9-7-8-14(5,6)12(15)18-20/h10,16,20H,7-9H2,1-6H3,(H2,15,18)(H,17,19). The molecular formula is C14H30N4O2. The number of carbonyl (C=O) groups excluding carboxylic acids is 1. The van der Waals surface area contributed by atoms with E-state index < -0.39 is 0 Å². The highest BCUT2D eigenvalue weighted by Gasteiger charge is 2.23. The third kappa shape index (κ3) is 7.33. The van der Waals surface area contributed by atoms with Crippen molar-refractivity contribution in [3.8, 4) is 0 Å². The maximum Gasteiger partial charge on any atom is 0.237 e. The van der Waals surface area contributed by atoms with E-state index in [1.54, 1.807) is 0 Å². The minimum absolute atomic E-state index is 0.00630. The molecule has 0 aromatic rings. The third-order valence-corrected chi connectivity index (χ3v) is 3.12. The molecule has 0 fully saturated rings. The van der Waals surface area contributed by atoms with Gasteiger partial charge in [0.25, 0.3) is 0 Å². The van der Waals surface area contributed by atoms with E-state index in [-0.39, 0.29) is 28.7 Å². The summed E-state index contributed by atoms with van der Waals surface area (Å²) in [5.41, 5.74) is 5.06. The SMILES string of the molecule is CC(NCCCC(C)(C)C(N)=NO)C(=O)NC(C)(C)C. The second-order valence-corrected chi connectivity index (χ2v) is 6.89. The highest BCUT2D eigenvalue weighted by Crippen LogP contribution is 2.21. The van der Waals surface area contributed by atoms with Crippen LogP contribution < -0.4 is 16.4 Å². The van der Waals surface area contributed by atoms with Crippen molar-refractivity contribution < 1.29 is 10.0 Å². The molecule has 118 valence electrons. The first kappa shape index (κ1) is 18.7. The summed E-state index contributed by atoms with van der Waals surface area (Å²) in [5, 5.41) is 17.9. The van der Waals surface area contributed by atoms with Gasteiger partial charge in [0.1, 0.15) is 5.84 Å². The summed E-state index contributed by atoms with van der Waals surface area (Å²) in [5.74, 6) is 0.226. The normalized spacial score (nSPS) is 15.0. The summed E-state index contributed by atoms with van der Waals surface area (Å²) < 4.78 is 0. The molecule has 0 rings (SSSR count). The molecule has 6 heteroatoms. The van der Waals surface area contributed by atoms with Crippen LogP contribution in [-0.4, -0.2) is 35.1 Å². The van der Waals surface area contributed by atoms with Crippen LogP contribution in [0.2, 0.25) is 0 Å². The molecule has 0 aromatic carbocycles. The Morgan fingerprint density at radius 3 is 2.30 bits per heavy atom. The Kier molecular flexibility index (Phi) is 6.99. The highest BCUT2D eigenvalue weighted by molar-refractivity contribution is 5.85. The second-order valence-electron chi connectivity index (χ2n) is 6.89. The lowest BCUT2D eigenvalue weighted by atomic mass is 9.86. The van der Waals surface area contributed by atoms with Gasteiger partial charge in [-0.3, -0.25) is 4.79 Å². The van der Waals surface area contributed by atoms with Gasteiger partial charge in [-0.1, -0.05) is 19.0 Å². The molecule has 1 unspecified atom stereocenters. The zero-order valence-electron chi connectivity index (χ0n) is 13.6. The number of amidine groups is 1. The molecule has 1 atom stereocenters. The molecule has 0 aromatic heterocycles. The molecule has 20 heavy (non-hydrogen) atoms. The number of nitrogens with zero attached hydrogens (tertiary/aromatic N) is 1. The topological polar surface area (TPSA) is 99.7 Å². The van der Waals surface area contributed by atoms with Crippen molar-refractivity contribution >= 4 is 11.7 Å². The predicted octanol–water partition coefficient (Wildman–Crippen LogP) is 1.43. The minimum atomic E-state index is -0.340. The van der Waals surface area contributed by atoms with Gasteiger partial charge in [-0.15, -0.1) is 0 Å². The van der Waals surface area contributed by atoms with Crippen molar-refractivity contribution in [3.05, 3.63) is 0 Å². The number of nitrogens with two attached hydrogens (primary N) is 1. The number of hydrogen-bond acceptors (Lipinski definition) is 4. The van der Waals surface area contributed by atoms with Crippen LogP contribution in [-0.2, 0) is 4.79 Å². The van der Waals surface area contributed by atoms with Gasteiger partial charge in [-0.25, -0.2) is 0 Å². The van der Waals surface area contributed by atoms with Crippen molar-refractivity contribution in [1.82, 2.24) is 10.6 Å². The first-order chi connectivity index (χ1) is 8.99. The van der Waals surface area contributed by atoms with Gasteiger partial charge in [0.2, 0.25) is 5.91 Å². The molecule has 0 aliphatic heterocycles. The number of oxime groups is 1. The number of nitrogens with one attached hydrogen (secondary N) is 2. The monoisotopic (exact) mass is 286 g/mol. The van der Waals surface area contributed by atoms with E-state index in [0.717, 1.165) is 12.8 Å². The highest BCUT2D eigenvalue weighted by atomic mass is 16.4. The predicted molar refractivity (Wildman–Crippen MR) is 81.8 cm³/mol. The summed E-state index contributed by atoms with van der Waals surface area (Å²) in [6.45, 7) is 12.3. The van der Waals surface area contributed by atoms with Crippen molar-refractivity contribution in [2.24, 2.45) is 16.3 Å². The quantitative estimate of drug-likeness (QED) is 0.187. The first-order valence-electron chi connectivity index (χ1n) is 7.03. The molecule has 6 nitrogen and oxygen atoms in total. The molecule has 0 saturated carbocycles. The Labute approximate surface area is 122 Å². The van der Waals surface area contributed by atoms with Crippen molar-refractivity contribution in [2.45, 2.75) is 66.0 Å². The molecule has 0 aliphatic rings. The van der Waals surface area contributed by atoms with E-state index in [4.69, 9.17) is 10.9 Å². The molecule has 5 N–H and O–H groups in total. The van der Waals surface area contributed by atoms with Crippen molar-refractivity contribution in [2.75, 3.05) is 6.54 Å². The molecule has 0 aliphatic carbocycles. The lowest BCUT2D eigenvalue weighted by Crippen LogP contribution is -2.49. The van der Waals surface area contributed by atoms with E-state index in [0.29, 0.717) is 6.54 Å². The van der Waals surface area contributed by atoms with E-state index in [2.05, 4.69) is 15.8 Å². The smallest absolute Gasteiger partial charge is 0.237 e. The van der Waals surface area contributed by atoms with Gasteiger partial charge in [0.15, 0.2) is 0 Å². The Morgan fingerprint density at radius 1 is 1.30 bits per heavy atom. The number of carbonyl (C=O) groups is 1. The van der Waals surface area contributed by atoms with Crippen LogP contribution in [0.5, 0.6) is 0 Å². The van der Waals surface area contributed by atoms with Crippen LogP contribution in [0.4, 0.5) is 0 Å². The number of amides is 1. The summed E-state index contributed by atoms with van der Waals surface area (Å²) in [6.07, 6.45) is 1.62. The Bertz CT molecular complexity index is 346. The molecule has 0 heterocycles. The summed E-state index contributed by atoms with van der Waals surface area (Å²) in [6, 6.07) is -0.235. The lowest BCUT2D eigenvalue weighted by Gasteiger charge is -2.25. The average Bonchev–Trinajstić information content (AvgIpc) is 2.31. The fourth-order valence-corrected chi connectivity index (χ4v) is 1.68. The molecule has 0 spiro atoms. The first-order valence-corrected chi connectivity index (χ1v) is 7.03. The zero-order valence-corrected chi connectivity index (χ0v) is 13.6. The second kappa shape index (κ2) is 7.47. The van der Waals surface area contributed by atoms with Gasteiger partial charge in [-0.2, -0.15) is 0 Å². The fraction of sp³-hybridized carbons (Fsp3) is 0.857. The maximum absolute atomic E-state index is 11.9. The van der Waals surface area contributed by atoms with Gasteiger partial charge in [0, 0.05) is 11.0 Å².